The van der Waals surface area contributed by atoms with Crippen molar-refractivity contribution in [2.45, 2.75) is 38.3 Å². The Labute approximate surface area is 129 Å². The van der Waals surface area contributed by atoms with Crippen LogP contribution in [0, 0.1) is 0 Å². The molecule has 5 nitrogen and oxygen atoms in total. The van der Waals surface area contributed by atoms with E-state index in [4.69, 9.17) is 0 Å². The van der Waals surface area contributed by atoms with Gasteiger partial charge in [-0.25, -0.2) is 4.68 Å². The number of aromatic nitrogens is 2. The first-order valence-corrected chi connectivity index (χ1v) is 7.56. The normalized spacial score (nSPS) is 15.3. The summed E-state index contributed by atoms with van der Waals surface area (Å²) in [6.45, 7) is 2.15. The molecule has 1 N–H and O–H groups in total. The molecule has 3 rings (SSSR count). The van der Waals surface area contributed by atoms with Gasteiger partial charge in [0.2, 0.25) is 5.91 Å². The second-order valence-corrected chi connectivity index (χ2v) is 5.69. The molecule has 1 saturated carbocycles. The predicted molar refractivity (Wildman–Crippen MR) is 83.5 cm³/mol. The summed E-state index contributed by atoms with van der Waals surface area (Å²) in [7, 11) is 0. The highest BCUT2D eigenvalue weighted by molar-refractivity contribution is 5.79. The summed E-state index contributed by atoms with van der Waals surface area (Å²) in [6.07, 6.45) is 2.22. The molecule has 114 valence electrons. The fourth-order valence-corrected chi connectivity index (χ4v) is 2.36. The van der Waals surface area contributed by atoms with E-state index in [9.17, 15) is 9.59 Å². The quantitative estimate of drug-likeness (QED) is 0.918. The molecule has 1 fully saturated rings. The second-order valence-electron chi connectivity index (χ2n) is 5.69. The van der Waals surface area contributed by atoms with Gasteiger partial charge in [-0.15, -0.1) is 0 Å². The average Bonchev–Trinajstić information content (AvgIpc) is 3.38. The second kappa shape index (κ2) is 6.13. The van der Waals surface area contributed by atoms with Crippen LogP contribution in [-0.2, 0) is 11.3 Å². The first-order chi connectivity index (χ1) is 10.6. The van der Waals surface area contributed by atoms with Crippen molar-refractivity contribution in [2.24, 2.45) is 0 Å². The Kier molecular flexibility index (Phi) is 4.04. The molecule has 0 radical (unpaired) electrons. The lowest BCUT2D eigenvalue weighted by Gasteiger charge is -2.15. The zero-order valence-corrected chi connectivity index (χ0v) is 12.5. The van der Waals surface area contributed by atoms with Gasteiger partial charge in [0.25, 0.3) is 5.56 Å². The SMILES string of the molecule is CC(C(=O)NCc1ccccc1)n1nc(C2CC2)ccc1=O. The van der Waals surface area contributed by atoms with Crippen LogP contribution in [0.1, 0.15) is 43.0 Å². The van der Waals surface area contributed by atoms with Gasteiger partial charge in [0, 0.05) is 18.5 Å². The standard InChI is InChI=1S/C17H19N3O2/c1-12(17(22)18-11-13-5-3-2-4-6-13)20-16(21)10-9-15(19-20)14-7-8-14/h2-6,9-10,12,14H,7-8,11H2,1H3,(H,18,22). The third kappa shape index (κ3) is 3.24. The minimum absolute atomic E-state index is 0.202. The Morgan fingerprint density at radius 3 is 2.68 bits per heavy atom. The molecule has 1 aliphatic carbocycles. The molecule has 1 aromatic heterocycles. The first kappa shape index (κ1) is 14.5. The third-order valence-electron chi connectivity index (χ3n) is 3.90. The Morgan fingerprint density at radius 1 is 1.27 bits per heavy atom. The number of hydrogen-bond donors (Lipinski definition) is 1. The number of carbonyl (C=O) groups is 1. The highest BCUT2D eigenvalue weighted by Crippen LogP contribution is 2.38. The lowest BCUT2D eigenvalue weighted by molar-refractivity contribution is -0.124. The van der Waals surface area contributed by atoms with Crippen LogP contribution in [0.25, 0.3) is 0 Å². The van der Waals surface area contributed by atoms with E-state index < -0.39 is 6.04 Å². The molecule has 0 saturated heterocycles. The molecule has 1 aliphatic rings. The van der Waals surface area contributed by atoms with Gasteiger partial charge in [-0.05, 0) is 31.4 Å². The number of nitrogens with one attached hydrogen (secondary N) is 1. The topological polar surface area (TPSA) is 64.0 Å². The van der Waals surface area contributed by atoms with Crippen LogP contribution in [0.4, 0.5) is 0 Å². The maximum absolute atomic E-state index is 12.3. The number of hydrogen-bond acceptors (Lipinski definition) is 3. The third-order valence-corrected chi connectivity index (χ3v) is 3.90. The zero-order chi connectivity index (χ0) is 15.5. The lowest BCUT2D eigenvalue weighted by atomic mass is 10.2. The van der Waals surface area contributed by atoms with Gasteiger partial charge in [-0.1, -0.05) is 30.3 Å². The number of carbonyl (C=O) groups excluding carboxylic acids is 1. The van der Waals surface area contributed by atoms with Crippen molar-refractivity contribution in [3.8, 4) is 0 Å². The monoisotopic (exact) mass is 297 g/mol. The molecular formula is C17H19N3O2. The maximum atomic E-state index is 12.3. The zero-order valence-electron chi connectivity index (χ0n) is 12.5. The Bertz CT molecular complexity index is 720. The van der Waals surface area contributed by atoms with Crippen LogP contribution in [0.2, 0.25) is 0 Å². The van der Waals surface area contributed by atoms with Crippen molar-refractivity contribution < 1.29 is 4.79 Å². The van der Waals surface area contributed by atoms with Crippen molar-refractivity contribution in [1.29, 1.82) is 0 Å². The van der Waals surface area contributed by atoms with E-state index in [-0.39, 0.29) is 11.5 Å². The number of benzene rings is 1. The number of nitrogens with zero attached hydrogens (tertiary/aromatic N) is 2. The predicted octanol–water partition coefficient (Wildman–Crippen LogP) is 2.00. The summed E-state index contributed by atoms with van der Waals surface area (Å²) in [4.78, 5) is 24.2. The van der Waals surface area contributed by atoms with Gasteiger partial charge in [-0.2, -0.15) is 5.10 Å². The molecule has 22 heavy (non-hydrogen) atoms. The van der Waals surface area contributed by atoms with Crippen LogP contribution in [-0.4, -0.2) is 15.7 Å². The van der Waals surface area contributed by atoms with E-state index in [1.165, 1.54) is 10.7 Å². The van der Waals surface area contributed by atoms with Gasteiger partial charge in [0.05, 0.1) is 5.69 Å². The molecule has 0 aliphatic heterocycles. The van der Waals surface area contributed by atoms with E-state index >= 15 is 0 Å². The van der Waals surface area contributed by atoms with Crippen LogP contribution in [0.3, 0.4) is 0 Å². The van der Waals surface area contributed by atoms with Gasteiger partial charge in [0.1, 0.15) is 6.04 Å². The van der Waals surface area contributed by atoms with E-state index in [1.807, 2.05) is 30.3 Å². The van der Waals surface area contributed by atoms with Crippen molar-refractivity contribution in [3.05, 3.63) is 64.1 Å². The molecule has 0 bridgehead atoms. The van der Waals surface area contributed by atoms with Gasteiger partial charge in [0.15, 0.2) is 0 Å². The highest BCUT2D eigenvalue weighted by atomic mass is 16.2. The van der Waals surface area contributed by atoms with Gasteiger partial charge < -0.3 is 5.32 Å². The van der Waals surface area contributed by atoms with Crippen LogP contribution < -0.4 is 10.9 Å². The maximum Gasteiger partial charge on any atom is 0.267 e. The summed E-state index contributed by atoms with van der Waals surface area (Å²) in [5, 5.41) is 7.20. The summed E-state index contributed by atoms with van der Waals surface area (Å²) in [6, 6.07) is 12.3. The Balaban J connectivity index is 1.70. The van der Waals surface area contributed by atoms with Crippen molar-refractivity contribution >= 4 is 5.91 Å². The van der Waals surface area contributed by atoms with E-state index in [0.717, 1.165) is 24.1 Å². The summed E-state index contributed by atoms with van der Waals surface area (Å²) in [5.74, 6) is 0.248. The molecule has 1 atom stereocenters. The van der Waals surface area contributed by atoms with Crippen molar-refractivity contribution in [1.82, 2.24) is 15.1 Å². The smallest absolute Gasteiger partial charge is 0.267 e. The van der Waals surface area contributed by atoms with Crippen LogP contribution in [0.15, 0.2) is 47.3 Å². The molecule has 1 heterocycles. The minimum atomic E-state index is -0.616. The summed E-state index contributed by atoms with van der Waals surface area (Å²) >= 11 is 0. The molecule has 2 aromatic rings. The average molecular weight is 297 g/mol. The number of amides is 1. The van der Waals surface area contributed by atoms with Crippen molar-refractivity contribution in [3.63, 3.8) is 0 Å². The Morgan fingerprint density at radius 2 is 2.00 bits per heavy atom. The van der Waals surface area contributed by atoms with Gasteiger partial charge >= 0.3 is 0 Å². The molecule has 1 amide bonds. The van der Waals surface area contributed by atoms with Crippen LogP contribution in [0.5, 0.6) is 0 Å². The summed E-state index contributed by atoms with van der Waals surface area (Å²) in [5.41, 5.74) is 1.68. The lowest BCUT2D eigenvalue weighted by Crippen LogP contribution is -2.36. The Hall–Kier alpha value is -2.43. The highest BCUT2D eigenvalue weighted by Gasteiger charge is 2.26. The fraction of sp³-hybridized carbons (Fsp3) is 0.353. The number of rotatable bonds is 5. The van der Waals surface area contributed by atoms with Crippen molar-refractivity contribution in [2.75, 3.05) is 0 Å². The van der Waals surface area contributed by atoms with Gasteiger partial charge in [-0.3, -0.25) is 9.59 Å². The van der Waals surface area contributed by atoms with E-state index in [2.05, 4.69) is 10.4 Å². The van der Waals surface area contributed by atoms with Crippen LogP contribution >= 0.6 is 0 Å². The van der Waals surface area contributed by atoms with E-state index in [1.54, 1.807) is 13.0 Å². The minimum Gasteiger partial charge on any atom is -0.350 e. The molecule has 1 aromatic carbocycles. The molecule has 1 unspecified atom stereocenters. The first-order valence-electron chi connectivity index (χ1n) is 7.56. The molecule has 0 spiro atoms. The largest absolute Gasteiger partial charge is 0.350 e. The molecule has 5 heteroatoms. The van der Waals surface area contributed by atoms with E-state index in [0.29, 0.717) is 12.5 Å². The summed E-state index contributed by atoms with van der Waals surface area (Å²) < 4.78 is 1.29. The fourth-order valence-electron chi connectivity index (χ4n) is 2.36. The molecular weight excluding hydrogens is 278 g/mol.